The lowest BCUT2D eigenvalue weighted by Crippen LogP contribution is -2.27. The van der Waals surface area contributed by atoms with Crippen molar-refractivity contribution in [2.75, 3.05) is 23.7 Å². The summed E-state index contributed by atoms with van der Waals surface area (Å²) in [5, 5.41) is 15.7. The molecule has 1 saturated heterocycles. The third-order valence-corrected chi connectivity index (χ3v) is 6.06. The number of sulfonamides is 1. The van der Waals surface area contributed by atoms with E-state index in [0.29, 0.717) is 24.5 Å². The molecule has 2 N–H and O–H groups in total. The normalized spacial score (nSPS) is 14.7. The maximum Gasteiger partial charge on any atom is 0.323 e. The molecule has 0 bridgehead atoms. The fourth-order valence-corrected chi connectivity index (χ4v) is 4.26. The first kappa shape index (κ1) is 18.8. The molecular weight excluding hydrogens is 372 g/mol. The van der Waals surface area contributed by atoms with Gasteiger partial charge in [-0.15, -0.1) is 0 Å². The number of benzene rings is 2. The summed E-state index contributed by atoms with van der Waals surface area (Å²) >= 11 is 0. The van der Waals surface area contributed by atoms with Gasteiger partial charge in [-0.25, -0.2) is 13.2 Å². The van der Waals surface area contributed by atoms with Crippen LogP contribution in [0.2, 0.25) is 0 Å². The molecule has 3 rings (SSSR count). The van der Waals surface area contributed by atoms with Crippen LogP contribution in [0.4, 0.5) is 21.9 Å². The molecule has 2 amide bonds. The Hall–Kier alpha value is -2.98. The Bertz CT molecular complexity index is 936. The zero-order chi connectivity index (χ0) is 19.4. The largest absolute Gasteiger partial charge is 0.323 e. The Morgan fingerprint density at radius 1 is 0.926 bits per heavy atom. The Morgan fingerprint density at radius 3 is 1.89 bits per heavy atom. The molecular formula is C17H18N4O5S. The third-order valence-electron chi connectivity index (χ3n) is 4.15. The molecule has 0 aromatic heterocycles. The molecule has 0 saturated carbocycles. The first-order valence-corrected chi connectivity index (χ1v) is 9.73. The van der Waals surface area contributed by atoms with E-state index in [-0.39, 0.29) is 10.6 Å². The fraction of sp³-hybridized carbons (Fsp3) is 0.235. The van der Waals surface area contributed by atoms with Crippen molar-refractivity contribution in [2.24, 2.45) is 0 Å². The van der Waals surface area contributed by atoms with E-state index in [2.05, 4.69) is 10.6 Å². The summed E-state index contributed by atoms with van der Waals surface area (Å²) < 4.78 is 26.4. The number of anilines is 2. The van der Waals surface area contributed by atoms with E-state index in [4.69, 9.17) is 0 Å². The first-order chi connectivity index (χ1) is 12.9. The van der Waals surface area contributed by atoms with Gasteiger partial charge in [-0.1, -0.05) is 0 Å². The van der Waals surface area contributed by atoms with E-state index >= 15 is 0 Å². The highest BCUT2D eigenvalue weighted by molar-refractivity contribution is 7.89. The lowest BCUT2D eigenvalue weighted by Gasteiger charge is -2.15. The lowest BCUT2D eigenvalue weighted by atomic mass is 10.3. The van der Waals surface area contributed by atoms with Crippen molar-refractivity contribution >= 4 is 33.1 Å². The molecule has 1 heterocycles. The van der Waals surface area contributed by atoms with E-state index in [1.54, 1.807) is 0 Å². The number of nitrogens with one attached hydrogen (secondary N) is 2. The molecule has 0 radical (unpaired) electrons. The molecule has 2 aromatic carbocycles. The van der Waals surface area contributed by atoms with E-state index in [1.807, 2.05) is 0 Å². The molecule has 2 aromatic rings. The standard InChI is InChI=1S/C17H18N4O5S/c22-17(18-13-3-7-15(8-4-13)21(23)24)19-14-5-9-16(10-6-14)27(25,26)20-11-1-2-12-20/h3-10H,1-2,11-12H2,(H2,18,19,22). The summed E-state index contributed by atoms with van der Waals surface area (Å²) in [7, 11) is -3.49. The third kappa shape index (κ3) is 4.41. The minimum Gasteiger partial charge on any atom is -0.308 e. The molecule has 142 valence electrons. The van der Waals surface area contributed by atoms with E-state index in [0.717, 1.165) is 12.8 Å². The summed E-state index contributed by atoms with van der Waals surface area (Å²) in [5.74, 6) is 0. The van der Waals surface area contributed by atoms with Crippen molar-refractivity contribution in [2.45, 2.75) is 17.7 Å². The fourth-order valence-electron chi connectivity index (χ4n) is 2.75. The van der Waals surface area contributed by atoms with Crippen LogP contribution in [0.15, 0.2) is 53.4 Å². The molecule has 1 aliphatic rings. The number of carbonyl (C=O) groups excluding carboxylic acids is 1. The van der Waals surface area contributed by atoms with Crippen molar-refractivity contribution in [3.63, 3.8) is 0 Å². The van der Waals surface area contributed by atoms with Crippen LogP contribution in [0, 0.1) is 10.1 Å². The zero-order valence-electron chi connectivity index (χ0n) is 14.3. The van der Waals surface area contributed by atoms with Gasteiger partial charge in [0.1, 0.15) is 0 Å². The molecule has 1 fully saturated rings. The average Bonchev–Trinajstić information content (AvgIpc) is 3.18. The minimum absolute atomic E-state index is 0.0734. The summed E-state index contributed by atoms with van der Waals surface area (Å²) in [4.78, 5) is 22.3. The lowest BCUT2D eigenvalue weighted by molar-refractivity contribution is -0.384. The number of rotatable bonds is 5. The number of amides is 2. The Labute approximate surface area is 156 Å². The number of carbonyl (C=O) groups is 1. The number of nitro groups is 1. The van der Waals surface area contributed by atoms with Crippen molar-refractivity contribution in [3.8, 4) is 0 Å². The van der Waals surface area contributed by atoms with Crippen LogP contribution < -0.4 is 10.6 Å². The van der Waals surface area contributed by atoms with Gasteiger partial charge in [-0.05, 0) is 49.2 Å². The van der Waals surface area contributed by atoms with Crippen LogP contribution in [0.3, 0.4) is 0 Å². The van der Waals surface area contributed by atoms with Crippen molar-refractivity contribution < 1.29 is 18.1 Å². The van der Waals surface area contributed by atoms with Crippen molar-refractivity contribution in [1.82, 2.24) is 4.31 Å². The maximum atomic E-state index is 12.5. The predicted octanol–water partition coefficient (Wildman–Crippen LogP) is 3.02. The van der Waals surface area contributed by atoms with E-state index in [9.17, 15) is 23.3 Å². The minimum atomic E-state index is -3.49. The van der Waals surface area contributed by atoms with Crippen LogP contribution in [0.1, 0.15) is 12.8 Å². The van der Waals surface area contributed by atoms with Crippen molar-refractivity contribution in [3.05, 3.63) is 58.6 Å². The Morgan fingerprint density at radius 2 is 1.41 bits per heavy atom. The Kier molecular flexibility index (Phi) is 5.38. The van der Waals surface area contributed by atoms with Gasteiger partial charge >= 0.3 is 6.03 Å². The summed E-state index contributed by atoms with van der Waals surface area (Å²) in [5.41, 5.74) is 0.747. The van der Waals surface area contributed by atoms with E-state index < -0.39 is 21.0 Å². The van der Waals surface area contributed by atoms with Gasteiger partial charge in [0.05, 0.1) is 9.82 Å². The predicted molar refractivity (Wildman–Crippen MR) is 100 cm³/mol. The second-order valence-corrected chi connectivity index (χ2v) is 7.96. The SMILES string of the molecule is O=C(Nc1ccc([N+](=O)[O-])cc1)Nc1ccc(S(=O)(=O)N2CCCC2)cc1. The summed E-state index contributed by atoms with van der Waals surface area (Å²) in [6, 6.07) is 10.8. The number of nitrogens with zero attached hydrogens (tertiary/aromatic N) is 2. The van der Waals surface area contributed by atoms with Gasteiger partial charge in [0.25, 0.3) is 5.69 Å². The van der Waals surface area contributed by atoms with Gasteiger partial charge in [0, 0.05) is 36.6 Å². The van der Waals surface area contributed by atoms with Gasteiger partial charge in [-0.2, -0.15) is 4.31 Å². The van der Waals surface area contributed by atoms with Crippen LogP contribution in [-0.2, 0) is 10.0 Å². The second-order valence-electron chi connectivity index (χ2n) is 6.02. The van der Waals surface area contributed by atoms with Crippen LogP contribution in [0.25, 0.3) is 0 Å². The quantitative estimate of drug-likeness (QED) is 0.600. The number of hydrogen-bond donors (Lipinski definition) is 2. The van der Waals surface area contributed by atoms with Gasteiger partial charge in [0.15, 0.2) is 0 Å². The molecule has 27 heavy (non-hydrogen) atoms. The van der Waals surface area contributed by atoms with Gasteiger partial charge in [-0.3, -0.25) is 10.1 Å². The molecule has 0 spiro atoms. The van der Waals surface area contributed by atoms with Gasteiger partial charge < -0.3 is 10.6 Å². The molecule has 0 atom stereocenters. The van der Waals surface area contributed by atoms with Crippen molar-refractivity contribution in [1.29, 1.82) is 0 Å². The molecule has 0 aliphatic carbocycles. The maximum absolute atomic E-state index is 12.5. The van der Waals surface area contributed by atoms with Crippen LogP contribution in [-0.4, -0.2) is 36.8 Å². The van der Waals surface area contributed by atoms with Gasteiger partial charge in [0.2, 0.25) is 10.0 Å². The number of non-ortho nitro benzene ring substituents is 1. The zero-order valence-corrected chi connectivity index (χ0v) is 15.1. The highest BCUT2D eigenvalue weighted by Crippen LogP contribution is 2.22. The van der Waals surface area contributed by atoms with Crippen LogP contribution in [0.5, 0.6) is 0 Å². The number of hydrogen-bond acceptors (Lipinski definition) is 5. The highest BCUT2D eigenvalue weighted by atomic mass is 32.2. The van der Waals surface area contributed by atoms with Crippen LogP contribution >= 0.6 is 0 Å². The summed E-state index contributed by atoms with van der Waals surface area (Å²) in [6.45, 7) is 1.06. The summed E-state index contributed by atoms with van der Waals surface area (Å²) in [6.07, 6.45) is 1.73. The Balaban J connectivity index is 1.62. The smallest absolute Gasteiger partial charge is 0.308 e. The monoisotopic (exact) mass is 390 g/mol. The average molecular weight is 390 g/mol. The topological polar surface area (TPSA) is 122 Å². The number of nitro benzene ring substituents is 1. The number of urea groups is 1. The highest BCUT2D eigenvalue weighted by Gasteiger charge is 2.26. The van der Waals surface area contributed by atoms with E-state index in [1.165, 1.54) is 52.8 Å². The first-order valence-electron chi connectivity index (χ1n) is 8.29. The molecule has 1 aliphatic heterocycles. The molecule has 0 unspecified atom stereocenters. The second kappa shape index (κ2) is 7.72. The molecule has 9 nitrogen and oxygen atoms in total. The molecule has 10 heteroatoms.